The zero-order valence-corrected chi connectivity index (χ0v) is 13.8. The second kappa shape index (κ2) is 7.29. The minimum atomic E-state index is -0.397. The second-order valence-electron chi connectivity index (χ2n) is 4.89. The highest BCUT2D eigenvalue weighted by Crippen LogP contribution is 2.20. The Morgan fingerprint density at radius 2 is 1.88 bits per heavy atom. The van der Waals surface area contributed by atoms with Gasteiger partial charge in [-0.15, -0.1) is 0 Å². The van der Waals surface area contributed by atoms with Gasteiger partial charge in [0, 0.05) is 21.2 Å². The standard InChI is InChI=1S/C17H12Cl2N4O/c18-13-7-5-11(6-8-13)15-9-16(22-21-15)17(24)23-20-10-12-3-1-2-4-14(12)19/h1-10H,(H,21,22)(H,23,24)/b20-10+. The molecule has 7 heteroatoms. The largest absolute Gasteiger partial charge is 0.289 e. The number of nitrogens with zero attached hydrogens (tertiary/aromatic N) is 2. The van der Waals surface area contributed by atoms with Crippen LogP contribution in [0, 0.1) is 0 Å². The summed E-state index contributed by atoms with van der Waals surface area (Å²) in [4.78, 5) is 12.1. The Labute approximate surface area is 148 Å². The molecule has 0 saturated heterocycles. The molecule has 0 atom stereocenters. The van der Waals surface area contributed by atoms with Gasteiger partial charge in [-0.2, -0.15) is 10.2 Å². The van der Waals surface area contributed by atoms with Crippen molar-refractivity contribution in [2.24, 2.45) is 5.10 Å². The van der Waals surface area contributed by atoms with Crippen molar-refractivity contribution in [3.8, 4) is 11.3 Å². The molecule has 0 radical (unpaired) electrons. The van der Waals surface area contributed by atoms with Crippen LogP contribution in [0.15, 0.2) is 59.7 Å². The van der Waals surface area contributed by atoms with Gasteiger partial charge in [0.1, 0.15) is 5.69 Å². The molecule has 3 rings (SSSR count). The fourth-order valence-corrected chi connectivity index (χ4v) is 2.32. The minimum absolute atomic E-state index is 0.302. The van der Waals surface area contributed by atoms with Gasteiger partial charge in [-0.3, -0.25) is 9.89 Å². The number of hydrazone groups is 1. The highest BCUT2D eigenvalue weighted by Gasteiger charge is 2.10. The van der Waals surface area contributed by atoms with Crippen LogP contribution in [0.2, 0.25) is 10.0 Å². The predicted molar refractivity (Wildman–Crippen MR) is 95.5 cm³/mol. The van der Waals surface area contributed by atoms with Crippen molar-refractivity contribution in [1.82, 2.24) is 15.6 Å². The summed E-state index contributed by atoms with van der Waals surface area (Å²) in [5, 5.41) is 11.9. The van der Waals surface area contributed by atoms with E-state index in [1.807, 2.05) is 24.3 Å². The summed E-state index contributed by atoms with van der Waals surface area (Å²) in [6.45, 7) is 0. The molecular weight excluding hydrogens is 347 g/mol. The van der Waals surface area contributed by atoms with Crippen molar-refractivity contribution >= 4 is 35.3 Å². The number of carbonyl (C=O) groups excluding carboxylic acids is 1. The first kappa shape index (κ1) is 16.2. The van der Waals surface area contributed by atoms with Crippen LogP contribution in [0.3, 0.4) is 0 Å². The molecule has 5 nitrogen and oxygen atoms in total. The minimum Gasteiger partial charge on any atom is -0.272 e. The van der Waals surface area contributed by atoms with E-state index in [0.29, 0.717) is 27.0 Å². The van der Waals surface area contributed by atoms with E-state index >= 15 is 0 Å². The van der Waals surface area contributed by atoms with Crippen LogP contribution in [0.25, 0.3) is 11.3 Å². The number of hydrogen-bond donors (Lipinski definition) is 2. The lowest BCUT2D eigenvalue weighted by Crippen LogP contribution is -2.18. The molecule has 0 aliphatic rings. The number of nitrogens with one attached hydrogen (secondary N) is 2. The number of hydrogen-bond acceptors (Lipinski definition) is 3. The average Bonchev–Trinajstić information content (AvgIpc) is 3.07. The SMILES string of the molecule is O=C(N/N=C/c1ccccc1Cl)c1cc(-c2ccc(Cl)cc2)n[nH]1. The number of aromatic amines is 1. The molecule has 0 bridgehead atoms. The third-order valence-corrected chi connectivity index (χ3v) is 3.83. The summed E-state index contributed by atoms with van der Waals surface area (Å²) >= 11 is 11.9. The first-order valence-corrected chi connectivity index (χ1v) is 7.78. The van der Waals surface area contributed by atoms with Crippen LogP contribution in [-0.2, 0) is 0 Å². The highest BCUT2D eigenvalue weighted by molar-refractivity contribution is 6.33. The molecule has 1 aromatic heterocycles. The average molecular weight is 359 g/mol. The Kier molecular flexibility index (Phi) is 4.93. The van der Waals surface area contributed by atoms with E-state index in [1.54, 1.807) is 30.3 Å². The molecule has 24 heavy (non-hydrogen) atoms. The van der Waals surface area contributed by atoms with Gasteiger partial charge in [-0.1, -0.05) is 53.5 Å². The van der Waals surface area contributed by atoms with Crippen molar-refractivity contribution in [2.75, 3.05) is 0 Å². The van der Waals surface area contributed by atoms with Crippen LogP contribution >= 0.6 is 23.2 Å². The fraction of sp³-hybridized carbons (Fsp3) is 0. The summed E-state index contributed by atoms with van der Waals surface area (Å²) in [7, 11) is 0. The first-order chi connectivity index (χ1) is 11.6. The number of amides is 1. The van der Waals surface area contributed by atoms with E-state index < -0.39 is 5.91 Å². The topological polar surface area (TPSA) is 70.1 Å². The van der Waals surface area contributed by atoms with Gasteiger partial charge in [-0.05, 0) is 24.3 Å². The summed E-state index contributed by atoms with van der Waals surface area (Å²) in [5.74, 6) is -0.397. The molecule has 2 N–H and O–H groups in total. The maximum Gasteiger partial charge on any atom is 0.289 e. The van der Waals surface area contributed by atoms with Gasteiger partial charge in [0.2, 0.25) is 0 Å². The highest BCUT2D eigenvalue weighted by atomic mass is 35.5. The van der Waals surface area contributed by atoms with Crippen LogP contribution < -0.4 is 5.43 Å². The number of benzene rings is 2. The van der Waals surface area contributed by atoms with E-state index in [0.717, 1.165) is 5.56 Å². The number of halogens is 2. The number of aromatic nitrogens is 2. The molecule has 0 fully saturated rings. The third-order valence-electron chi connectivity index (χ3n) is 3.24. The van der Waals surface area contributed by atoms with Crippen molar-refractivity contribution in [2.45, 2.75) is 0 Å². The lowest BCUT2D eigenvalue weighted by molar-refractivity contribution is 0.0950. The van der Waals surface area contributed by atoms with E-state index in [-0.39, 0.29) is 0 Å². The van der Waals surface area contributed by atoms with E-state index in [2.05, 4.69) is 20.7 Å². The molecule has 0 unspecified atom stereocenters. The Bertz CT molecular complexity index is 888. The molecule has 3 aromatic rings. The summed E-state index contributed by atoms with van der Waals surface area (Å²) < 4.78 is 0. The van der Waals surface area contributed by atoms with Gasteiger partial charge in [0.05, 0.1) is 11.9 Å². The Balaban J connectivity index is 1.68. The maximum absolute atomic E-state index is 12.1. The smallest absolute Gasteiger partial charge is 0.272 e. The number of rotatable bonds is 4. The van der Waals surface area contributed by atoms with Crippen LogP contribution in [0.4, 0.5) is 0 Å². The van der Waals surface area contributed by atoms with Gasteiger partial charge in [0.15, 0.2) is 0 Å². The van der Waals surface area contributed by atoms with Crippen molar-refractivity contribution in [3.63, 3.8) is 0 Å². The molecule has 0 saturated carbocycles. The summed E-state index contributed by atoms with van der Waals surface area (Å²) in [5.41, 5.74) is 4.95. The predicted octanol–water partition coefficient (Wildman–Crippen LogP) is 4.15. The van der Waals surface area contributed by atoms with Crippen molar-refractivity contribution in [1.29, 1.82) is 0 Å². The zero-order chi connectivity index (χ0) is 16.9. The monoisotopic (exact) mass is 358 g/mol. The molecule has 1 amide bonds. The van der Waals surface area contributed by atoms with Crippen molar-refractivity contribution < 1.29 is 4.79 Å². The fourth-order valence-electron chi connectivity index (χ4n) is 2.01. The van der Waals surface area contributed by atoms with Crippen LogP contribution in [0.5, 0.6) is 0 Å². The molecule has 120 valence electrons. The van der Waals surface area contributed by atoms with E-state index in [9.17, 15) is 4.79 Å². The third kappa shape index (κ3) is 3.82. The molecule has 0 spiro atoms. The van der Waals surface area contributed by atoms with Gasteiger partial charge in [-0.25, -0.2) is 5.43 Å². The zero-order valence-electron chi connectivity index (χ0n) is 12.3. The maximum atomic E-state index is 12.1. The molecular formula is C17H12Cl2N4O. The summed E-state index contributed by atoms with van der Waals surface area (Å²) in [6.07, 6.45) is 1.48. The van der Waals surface area contributed by atoms with Gasteiger partial charge < -0.3 is 0 Å². The normalized spacial score (nSPS) is 10.9. The Morgan fingerprint density at radius 3 is 2.62 bits per heavy atom. The van der Waals surface area contributed by atoms with Crippen LogP contribution in [0.1, 0.15) is 16.1 Å². The molecule has 2 aromatic carbocycles. The molecule has 0 aliphatic heterocycles. The second-order valence-corrected chi connectivity index (χ2v) is 5.74. The number of H-pyrrole nitrogens is 1. The van der Waals surface area contributed by atoms with Crippen molar-refractivity contribution in [3.05, 3.63) is 75.9 Å². The lowest BCUT2D eigenvalue weighted by atomic mass is 10.1. The van der Waals surface area contributed by atoms with E-state index in [1.165, 1.54) is 6.21 Å². The van der Waals surface area contributed by atoms with E-state index in [4.69, 9.17) is 23.2 Å². The number of carbonyl (C=O) groups is 1. The van der Waals surface area contributed by atoms with Gasteiger partial charge >= 0.3 is 0 Å². The van der Waals surface area contributed by atoms with Crippen LogP contribution in [-0.4, -0.2) is 22.3 Å². The molecule has 1 heterocycles. The Morgan fingerprint density at radius 1 is 1.12 bits per heavy atom. The Hall–Kier alpha value is -2.63. The summed E-state index contributed by atoms with van der Waals surface area (Å²) in [6, 6.07) is 16.0. The molecule has 0 aliphatic carbocycles. The van der Waals surface area contributed by atoms with Gasteiger partial charge in [0.25, 0.3) is 5.91 Å². The lowest BCUT2D eigenvalue weighted by Gasteiger charge is -1.97. The first-order valence-electron chi connectivity index (χ1n) is 7.03. The quantitative estimate of drug-likeness (QED) is 0.543.